The molecule has 0 saturated heterocycles. The Bertz CT molecular complexity index is 914. The summed E-state index contributed by atoms with van der Waals surface area (Å²) in [6.45, 7) is -0.363. The maximum atomic E-state index is 13.3. The van der Waals surface area contributed by atoms with Crippen LogP contribution in [0.1, 0.15) is 0 Å². The van der Waals surface area contributed by atoms with Gasteiger partial charge < -0.3 is 9.84 Å². The molecule has 0 aliphatic heterocycles. The Labute approximate surface area is 182 Å². The average Bonchev–Trinajstić information content (AvgIpc) is 2.73. The second-order valence-corrected chi connectivity index (χ2v) is 9.55. The zero-order valence-corrected chi connectivity index (χ0v) is 18.8. The van der Waals surface area contributed by atoms with Gasteiger partial charge in [-0.05, 0) is 18.2 Å². The molecule has 0 heterocycles. The zero-order valence-electron chi connectivity index (χ0n) is 15.5. The molecule has 0 aromatic heterocycles. The summed E-state index contributed by atoms with van der Waals surface area (Å²) in [5.74, 6) is 0.222. The average molecular weight is 505 g/mol. The quantitative estimate of drug-likeness (QED) is 0.164. The molecule has 2 aromatic carbocycles. The number of alkyl halides is 1. The summed E-state index contributed by atoms with van der Waals surface area (Å²) in [4.78, 5) is 11.1. The number of ether oxygens (including phenoxy) is 1. The largest absolute Gasteiger partial charge is 0.391 e. The van der Waals surface area contributed by atoms with Gasteiger partial charge in [-0.3, -0.25) is 10.1 Å². The second-order valence-electron chi connectivity index (χ2n) is 5.95. The number of aliphatic hydroxyl groups is 1. The summed E-state index contributed by atoms with van der Waals surface area (Å²) in [5, 5.41) is 22.0. The van der Waals surface area contributed by atoms with Gasteiger partial charge in [0, 0.05) is 29.2 Å². The minimum atomic E-state index is -4.33. The molecule has 0 fully saturated rings. The van der Waals surface area contributed by atoms with Crippen LogP contribution < -0.4 is 0 Å². The van der Waals surface area contributed by atoms with Crippen molar-refractivity contribution < 1.29 is 23.2 Å². The predicted molar refractivity (Wildman–Crippen MR) is 115 cm³/mol. The molecule has 1 N–H and O–H groups in total. The number of benzene rings is 2. The molecule has 2 rings (SSSR count). The highest BCUT2D eigenvalue weighted by Crippen LogP contribution is 2.30. The first-order valence-electron chi connectivity index (χ1n) is 8.49. The number of hydrogen-bond donors (Lipinski definition) is 1. The molecule has 0 aliphatic rings. The van der Waals surface area contributed by atoms with Crippen molar-refractivity contribution in [2.24, 2.45) is 0 Å². The van der Waals surface area contributed by atoms with Crippen LogP contribution in [-0.2, 0) is 14.8 Å². The van der Waals surface area contributed by atoms with Crippen LogP contribution >= 0.6 is 27.7 Å². The third-order valence-corrected chi connectivity index (χ3v) is 7.71. The van der Waals surface area contributed by atoms with Crippen molar-refractivity contribution in [1.82, 2.24) is 4.31 Å². The van der Waals surface area contributed by atoms with Crippen LogP contribution in [0.2, 0.25) is 0 Å². The molecule has 0 spiro atoms. The third-order valence-electron chi connectivity index (χ3n) is 4.04. The lowest BCUT2D eigenvalue weighted by Crippen LogP contribution is -2.50. The molecule has 2 aromatic rings. The van der Waals surface area contributed by atoms with Gasteiger partial charge in [0.1, 0.15) is 6.73 Å². The minimum absolute atomic E-state index is 0.125. The van der Waals surface area contributed by atoms with E-state index in [2.05, 4.69) is 15.9 Å². The molecule has 0 aliphatic carbocycles. The fourth-order valence-electron chi connectivity index (χ4n) is 2.61. The summed E-state index contributed by atoms with van der Waals surface area (Å²) < 4.78 is 32.7. The predicted octanol–water partition coefficient (Wildman–Crippen LogP) is 3.11. The van der Waals surface area contributed by atoms with Crippen molar-refractivity contribution in [3.05, 3.63) is 64.7 Å². The Morgan fingerprint density at radius 1 is 1.21 bits per heavy atom. The van der Waals surface area contributed by atoms with Gasteiger partial charge in [0.2, 0.25) is 0 Å². The maximum Gasteiger partial charge on any atom is 0.289 e. The van der Waals surface area contributed by atoms with Crippen molar-refractivity contribution in [3.63, 3.8) is 0 Å². The van der Waals surface area contributed by atoms with Gasteiger partial charge in [-0.15, -0.1) is 11.8 Å². The Hall–Kier alpha value is -1.50. The number of nitrogens with zero attached hydrogens (tertiary/aromatic N) is 2. The van der Waals surface area contributed by atoms with Crippen molar-refractivity contribution in [2.45, 2.75) is 21.9 Å². The summed E-state index contributed by atoms with van der Waals surface area (Å²) in [6, 6.07) is 13.6. The van der Waals surface area contributed by atoms with Crippen molar-refractivity contribution >= 4 is 43.4 Å². The number of thioether (sulfide) groups is 1. The summed E-state index contributed by atoms with van der Waals surface area (Å²) >= 11 is 4.56. The van der Waals surface area contributed by atoms with Gasteiger partial charge in [0.15, 0.2) is 4.90 Å². The number of methoxy groups -OCH3 is 1. The molecular weight excluding hydrogens is 484 g/mol. The van der Waals surface area contributed by atoms with Crippen molar-refractivity contribution in [3.8, 4) is 0 Å². The first-order valence-corrected chi connectivity index (χ1v) is 12.0. The Balaban J connectivity index is 2.44. The zero-order chi connectivity index (χ0) is 21.4. The first-order chi connectivity index (χ1) is 13.8. The van der Waals surface area contributed by atoms with Gasteiger partial charge >= 0.3 is 0 Å². The minimum Gasteiger partial charge on any atom is -0.391 e. The van der Waals surface area contributed by atoms with E-state index in [1.807, 2.05) is 30.3 Å². The molecule has 158 valence electrons. The van der Waals surface area contributed by atoms with Crippen LogP contribution in [0.3, 0.4) is 0 Å². The van der Waals surface area contributed by atoms with Gasteiger partial charge in [-0.25, -0.2) is 8.42 Å². The van der Waals surface area contributed by atoms with E-state index in [1.54, 1.807) is 0 Å². The molecule has 2 atom stereocenters. The van der Waals surface area contributed by atoms with E-state index in [4.69, 9.17) is 4.74 Å². The maximum absolute atomic E-state index is 13.3. The van der Waals surface area contributed by atoms with Crippen molar-refractivity contribution in [1.29, 1.82) is 0 Å². The van der Waals surface area contributed by atoms with Crippen LogP contribution in [0.4, 0.5) is 5.69 Å². The van der Waals surface area contributed by atoms with E-state index in [0.29, 0.717) is 0 Å². The summed E-state index contributed by atoms with van der Waals surface area (Å²) in [6.07, 6.45) is -1.06. The molecule has 0 radical (unpaired) electrons. The fourth-order valence-corrected chi connectivity index (χ4v) is 5.98. The molecular formula is C18H21BrN2O6S2. The standard InChI is InChI=1S/C18H21BrN2O6S2/c1-27-13-20(29(25,26)18-10-6-5-9-15(18)21(23)24)16(17(22)11-19)12-28-14-7-3-2-4-8-14/h2-10,16-17,22H,11-13H2,1H3/t16-,17-/m0/s1. The summed E-state index contributed by atoms with van der Waals surface area (Å²) in [7, 11) is -3.00. The van der Waals surface area contributed by atoms with Crippen LogP contribution in [0.5, 0.6) is 0 Å². The highest BCUT2D eigenvalue weighted by Gasteiger charge is 2.38. The molecule has 0 bridgehead atoms. The van der Waals surface area contributed by atoms with Gasteiger partial charge in [0.05, 0.1) is 17.1 Å². The number of para-hydroxylation sites is 1. The fraction of sp³-hybridized carbons (Fsp3) is 0.333. The smallest absolute Gasteiger partial charge is 0.289 e. The number of nitro groups is 1. The Morgan fingerprint density at radius 3 is 2.41 bits per heavy atom. The van der Waals surface area contributed by atoms with Crippen LogP contribution in [-0.4, -0.2) is 59.8 Å². The molecule has 0 saturated carbocycles. The molecule has 8 nitrogen and oxygen atoms in total. The molecule has 0 unspecified atom stereocenters. The highest BCUT2D eigenvalue weighted by atomic mass is 79.9. The number of aliphatic hydroxyl groups excluding tert-OH is 1. The lowest BCUT2D eigenvalue weighted by atomic mass is 10.2. The number of rotatable bonds is 11. The molecule has 11 heteroatoms. The topological polar surface area (TPSA) is 110 Å². The summed E-state index contributed by atoms with van der Waals surface area (Å²) in [5.41, 5.74) is -0.531. The van der Waals surface area contributed by atoms with Crippen molar-refractivity contribution in [2.75, 3.05) is 24.9 Å². The number of halogens is 1. The van der Waals surface area contributed by atoms with Crippen LogP contribution in [0.25, 0.3) is 0 Å². The lowest BCUT2D eigenvalue weighted by molar-refractivity contribution is -0.387. The lowest BCUT2D eigenvalue weighted by Gasteiger charge is -2.32. The third kappa shape index (κ3) is 6.00. The second kappa shape index (κ2) is 11.0. The number of hydrogen-bond acceptors (Lipinski definition) is 7. The Morgan fingerprint density at radius 2 is 1.83 bits per heavy atom. The Kier molecular flexibility index (Phi) is 9.05. The van der Waals surface area contributed by atoms with Gasteiger partial charge in [0.25, 0.3) is 15.7 Å². The van der Waals surface area contributed by atoms with E-state index < -0.39 is 37.7 Å². The first kappa shape index (κ1) is 23.8. The van der Waals surface area contributed by atoms with E-state index >= 15 is 0 Å². The van der Waals surface area contributed by atoms with Gasteiger partial charge in [-0.2, -0.15) is 4.31 Å². The monoisotopic (exact) mass is 504 g/mol. The molecule has 29 heavy (non-hydrogen) atoms. The normalized spacial score (nSPS) is 13.9. The highest BCUT2D eigenvalue weighted by molar-refractivity contribution is 9.09. The van der Waals surface area contributed by atoms with Crippen LogP contribution in [0, 0.1) is 10.1 Å². The van der Waals surface area contributed by atoms with E-state index in [1.165, 1.54) is 37.1 Å². The van der Waals surface area contributed by atoms with E-state index in [-0.39, 0.29) is 17.8 Å². The molecule has 0 amide bonds. The SMILES string of the molecule is COCN([C@@H](CSc1ccccc1)[C@@H](O)CBr)S(=O)(=O)c1ccccc1[N+](=O)[O-]. The van der Waals surface area contributed by atoms with Crippen LogP contribution in [0.15, 0.2) is 64.4 Å². The van der Waals surface area contributed by atoms with E-state index in [9.17, 15) is 23.6 Å². The number of sulfonamides is 1. The van der Waals surface area contributed by atoms with E-state index in [0.717, 1.165) is 15.3 Å². The van der Waals surface area contributed by atoms with Gasteiger partial charge in [-0.1, -0.05) is 46.3 Å². The number of nitro benzene ring substituents is 1.